The fraction of sp³-hybridized carbons (Fsp3) is 0.143. The van der Waals surface area contributed by atoms with Crippen molar-refractivity contribution >= 4 is 34.7 Å². The molecule has 2 aliphatic heterocycles. The van der Waals surface area contributed by atoms with Crippen LogP contribution in [0, 0.1) is 0 Å². The minimum absolute atomic E-state index is 0.000809. The van der Waals surface area contributed by atoms with Crippen molar-refractivity contribution in [3.8, 4) is 0 Å². The maximum atomic E-state index is 6.24. The number of hydrogen-bond donors (Lipinski definition) is 0. The second-order valence-electron chi connectivity index (χ2n) is 8.07. The number of aliphatic imine (C=N–C) groups is 2. The Morgan fingerprint density at radius 3 is 1.45 bits per heavy atom. The Hall–Kier alpha value is -4.12. The summed E-state index contributed by atoms with van der Waals surface area (Å²) in [6, 6.07) is 28.4. The number of rotatable bonds is 4. The second kappa shape index (κ2) is 8.43. The SMILES string of the molecule is C(/C1=N[C@@H](c2ccccc2)CO1)=c1/o/c(=C\C2=N[C@@H](c3ccccc3)CO2)c2ccccc12. The van der Waals surface area contributed by atoms with Gasteiger partial charge in [0.25, 0.3) is 0 Å². The van der Waals surface area contributed by atoms with Gasteiger partial charge in [0, 0.05) is 22.9 Å². The highest BCUT2D eigenvalue weighted by atomic mass is 16.5. The average molecular weight is 434 g/mol. The molecule has 33 heavy (non-hydrogen) atoms. The number of benzene rings is 3. The van der Waals surface area contributed by atoms with E-state index in [9.17, 15) is 0 Å². The van der Waals surface area contributed by atoms with Crippen molar-refractivity contribution in [2.24, 2.45) is 9.98 Å². The van der Waals surface area contributed by atoms with Gasteiger partial charge in [-0.05, 0) is 11.1 Å². The number of hydrogen-bond acceptors (Lipinski definition) is 5. The Bertz CT molecular complexity index is 1360. The maximum Gasteiger partial charge on any atom is 0.213 e. The smallest absolute Gasteiger partial charge is 0.213 e. The van der Waals surface area contributed by atoms with Gasteiger partial charge in [0.15, 0.2) is 0 Å². The molecule has 3 aromatic carbocycles. The number of fused-ring (bicyclic) bond motifs is 1. The first kappa shape index (κ1) is 19.6. The molecule has 5 heteroatoms. The van der Waals surface area contributed by atoms with E-state index in [0.29, 0.717) is 35.8 Å². The first-order valence-electron chi connectivity index (χ1n) is 11.1. The van der Waals surface area contributed by atoms with Crippen LogP contribution in [0.2, 0.25) is 0 Å². The van der Waals surface area contributed by atoms with Gasteiger partial charge in [0.2, 0.25) is 11.8 Å². The molecule has 0 saturated carbocycles. The first-order chi connectivity index (χ1) is 16.3. The molecule has 2 aliphatic rings. The molecule has 1 aromatic heterocycles. The second-order valence-corrected chi connectivity index (χ2v) is 8.07. The number of furan rings is 1. The number of nitrogens with zero attached hydrogens (tertiary/aromatic N) is 2. The molecule has 0 spiro atoms. The van der Waals surface area contributed by atoms with E-state index in [1.807, 2.05) is 72.8 Å². The number of ether oxygens (including phenoxy) is 2. The van der Waals surface area contributed by atoms with Crippen LogP contribution in [-0.2, 0) is 9.47 Å². The van der Waals surface area contributed by atoms with Crippen LogP contribution in [0.3, 0.4) is 0 Å². The van der Waals surface area contributed by atoms with Gasteiger partial charge in [0.05, 0.1) is 0 Å². The van der Waals surface area contributed by atoms with E-state index >= 15 is 0 Å². The van der Waals surface area contributed by atoms with Crippen molar-refractivity contribution in [1.82, 2.24) is 0 Å². The summed E-state index contributed by atoms with van der Waals surface area (Å²) in [7, 11) is 0. The molecule has 0 aliphatic carbocycles. The van der Waals surface area contributed by atoms with E-state index in [4.69, 9.17) is 23.9 Å². The van der Waals surface area contributed by atoms with Crippen LogP contribution in [0.25, 0.3) is 22.9 Å². The van der Waals surface area contributed by atoms with Crippen LogP contribution in [0.1, 0.15) is 23.2 Å². The fourth-order valence-corrected chi connectivity index (χ4v) is 4.21. The quantitative estimate of drug-likeness (QED) is 0.480. The summed E-state index contributed by atoms with van der Waals surface area (Å²) in [4.78, 5) is 9.47. The van der Waals surface area contributed by atoms with E-state index in [0.717, 1.165) is 21.9 Å². The Morgan fingerprint density at radius 2 is 1.00 bits per heavy atom. The van der Waals surface area contributed by atoms with E-state index in [2.05, 4.69) is 24.3 Å². The Morgan fingerprint density at radius 1 is 0.576 bits per heavy atom. The molecule has 0 N–H and O–H groups in total. The highest BCUT2D eigenvalue weighted by Gasteiger charge is 2.21. The lowest BCUT2D eigenvalue weighted by Crippen LogP contribution is -2.07. The molecule has 4 aromatic rings. The van der Waals surface area contributed by atoms with Gasteiger partial charge in [-0.1, -0.05) is 84.9 Å². The van der Waals surface area contributed by atoms with Crippen LogP contribution < -0.4 is 10.8 Å². The summed E-state index contributed by atoms with van der Waals surface area (Å²) >= 11 is 0. The lowest BCUT2D eigenvalue weighted by Gasteiger charge is -2.03. The molecule has 3 heterocycles. The molecular formula is C28H22N2O3. The zero-order valence-electron chi connectivity index (χ0n) is 17.9. The van der Waals surface area contributed by atoms with Crippen LogP contribution in [0.15, 0.2) is 99.3 Å². The van der Waals surface area contributed by atoms with E-state index in [-0.39, 0.29) is 12.1 Å². The molecule has 0 bridgehead atoms. The zero-order chi connectivity index (χ0) is 22.0. The predicted octanol–water partition coefficient (Wildman–Crippen LogP) is 4.33. The Balaban J connectivity index is 1.37. The van der Waals surface area contributed by atoms with Gasteiger partial charge in [-0.3, -0.25) is 0 Å². The Kier molecular flexibility index (Phi) is 5.00. The topological polar surface area (TPSA) is 56.3 Å². The van der Waals surface area contributed by atoms with E-state index in [1.54, 1.807) is 0 Å². The molecule has 162 valence electrons. The molecular weight excluding hydrogens is 412 g/mol. The molecule has 0 unspecified atom stereocenters. The van der Waals surface area contributed by atoms with E-state index in [1.165, 1.54) is 0 Å². The van der Waals surface area contributed by atoms with Crippen molar-refractivity contribution in [1.29, 1.82) is 0 Å². The van der Waals surface area contributed by atoms with Crippen molar-refractivity contribution in [2.75, 3.05) is 13.2 Å². The van der Waals surface area contributed by atoms with Gasteiger partial charge in [-0.2, -0.15) is 0 Å². The molecule has 2 atom stereocenters. The normalized spacial score (nSPS) is 21.1. The monoisotopic (exact) mass is 434 g/mol. The first-order valence-corrected chi connectivity index (χ1v) is 11.1. The van der Waals surface area contributed by atoms with Gasteiger partial charge in [-0.25, -0.2) is 9.98 Å². The predicted molar refractivity (Wildman–Crippen MR) is 130 cm³/mol. The van der Waals surface area contributed by atoms with Crippen LogP contribution in [0.4, 0.5) is 0 Å². The summed E-state index contributed by atoms with van der Waals surface area (Å²) in [5.41, 5.74) is 3.71. The van der Waals surface area contributed by atoms with Crippen molar-refractivity contribution in [3.63, 3.8) is 0 Å². The van der Waals surface area contributed by atoms with Gasteiger partial charge in [0.1, 0.15) is 36.1 Å². The lowest BCUT2D eigenvalue weighted by molar-refractivity contribution is 0.322. The van der Waals surface area contributed by atoms with Crippen LogP contribution in [0.5, 0.6) is 0 Å². The maximum absolute atomic E-state index is 6.24. The minimum Gasteiger partial charge on any atom is -0.475 e. The summed E-state index contributed by atoms with van der Waals surface area (Å²) in [5, 5.41) is 1.99. The molecule has 6 rings (SSSR count). The highest BCUT2D eigenvalue weighted by molar-refractivity contribution is 6.08. The largest absolute Gasteiger partial charge is 0.475 e. The van der Waals surface area contributed by atoms with Gasteiger partial charge < -0.3 is 13.9 Å². The third kappa shape index (κ3) is 3.94. The average Bonchev–Trinajstić information content (AvgIpc) is 3.61. The Labute approximate surface area is 191 Å². The highest BCUT2D eigenvalue weighted by Crippen LogP contribution is 2.24. The summed E-state index contributed by atoms with van der Waals surface area (Å²) in [5.74, 6) is 1.15. The standard InChI is InChI=1S/C28H22N2O3/c1-3-9-19(10-4-1)23-17-31-27(29-23)15-25-21-13-7-8-14-22(21)26(33-25)16-28-30-24(18-32-28)20-11-5-2-6-12-20/h1-16,23-24H,17-18H2/b25-15-,26-16-/t23-,24-/m1/s1. The van der Waals surface area contributed by atoms with Crippen molar-refractivity contribution in [2.45, 2.75) is 12.1 Å². The zero-order valence-corrected chi connectivity index (χ0v) is 17.9. The third-order valence-electron chi connectivity index (χ3n) is 5.90. The molecule has 0 amide bonds. The lowest BCUT2D eigenvalue weighted by atomic mass is 10.1. The van der Waals surface area contributed by atoms with Crippen LogP contribution >= 0.6 is 0 Å². The summed E-state index contributed by atoms with van der Waals surface area (Å²) in [6.07, 6.45) is 3.74. The van der Waals surface area contributed by atoms with Crippen molar-refractivity contribution in [3.05, 3.63) is 107 Å². The fourth-order valence-electron chi connectivity index (χ4n) is 4.21. The third-order valence-corrected chi connectivity index (χ3v) is 5.90. The van der Waals surface area contributed by atoms with Crippen LogP contribution in [-0.4, -0.2) is 25.0 Å². The van der Waals surface area contributed by atoms with E-state index < -0.39 is 0 Å². The van der Waals surface area contributed by atoms with Gasteiger partial charge in [-0.15, -0.1) is 0 Å². The summed E-state index contributed by atoms with van der Waals surface area (Å²) in [6.45, 7) is 1.05. The molecule has 5 nitrogen and oxygen atoms in total. The van der Waals surface area contributed by atoms with Gasteiger partial charge >= 0.3 is 0 Å². The molecule has 0 radical (unpaired) electrons. The summed E-state index contributed by atoms with van der Waals surface area (Å²) < 4.78 is 17.9. The molecule has 0 saturated heterocycles. The van der Waals surface area contributed by atoms with Crippen molar-refractivity contribution < 1.29 is 13.9 Å². The minimum atomic E-state index is 0.000809. The molecule has 0 fully saturated rings.